The number of benzene rings is 2. The Balaban J connectivity index is 1.28. The minimum Gasteiger partial charge on any atom is -0.342 e. The molecule has 0 radical (unpaired) electrons. The summed E-state index contributed by atoms with van der Waals surface area (Å²) in [7, 11) is 3.43. The highest BCUT2D eigenvalue weighted by Gasteiger charge is 2.13. The van der Waals surface area contributed by atoms with Gasteiger partial charge in [-0.15, -0.1) is 0 Å². The van der Waals surface area contributed by atoms with Crippen LogP contribution >= 0.6 is 12.2 Å². The number of amides is 1. The first-order valence-corrected chi connectivity index (χ1v) is 11.4. The van der Waals surface area contributed by atoms with Crippen molar-refractivity contribution in [2.24, 2.45) is 7.05 Å². The third-order valence-electron chi connectivity index (χ3n) is 5.83. The van der Waals surface area contributed by atoms with E-state index < -0.39 is 0 Å². The number of hydrogen-bond acceptors (Lipinski definition) is 4. The molecule has 0 saturated heterocycles. The molecule has 0 bridgehead atoms. The zero-order valence-electron chi connectivity index (χ0n) is 18.8. The molecular weight excluding hydrogens is 434 g/mol. The summed E-state index contributed by atoms with van der Waals surface area (Å²) in [6.07, 6.45) is 3.88. The van der Waals surface area contributed by atoms with Crippen LogP contribution in [0.5, 0.6) is 0 Å². The number of rotatable bonds is 8. The molecule has 8 heteroatoms. The Kier molecular flexibility index (Phi) is 6.84. The average molecular weight is 462 g/mol. The van der Waals surface area contributed by atoms with Crippen LogP contribution in [0, 0.1) is 4.77 Å². The number of unbranched alkanes of at least 4 members (excludes halogenated alkanes) is 2. The first-order valence-electron chi connectivity index (χ1n) is 11.0. The van der Waals surface area contributed by atoms with Gasteiger partial charge in [-0.25, -0.2) is 0 Å². The minimum atomic E-state index is -0.172. The maximum absolute atomic E-state index is 12.8. The van der Waals surface area contributed by atoms with Gasteiger partial charge in [0.05, 0.1) is 16.6 Å². The maximum Gasteiger partial charge on any atom is 0.261 e. The SMILES string of the molecule is CN(CCCCCc1cc(-c2ccccc2)n[nH]1)C(=O)c1ccc2c(=O)n(C)c(=S)[nH]c2c1. The Morgan fingerprint density at radius 1 is 1.09 bits per heavy atom. The average Bonchev–Trinajstić information content (AvgIpc) is 3.31. The molecule has 2 aromatic carbocycles. The zero-order valence-corrected chi connectivity index (χ0v) is 19.6. The molecule has 170 valence electrons. The third kappa shape index (κ3) is 5.12. The third-order valence-corrected chi connectivity index (χ3v) is 6.21. The van der Waals surface area contributed by atoms with E-state index in [1.54, 1.807) is 37.2 Å². The second kappa shape index (κ2) is 9.95. The molecule has 0 fully saturated rings. The highest BCUT2D eigenvalue weighted by molar-refractivity contribution is 7.71. The van der Waals surface area contributed by atoms with Gasteiger partial charge in [-0.05, 0) is 55.7 Å². The van der Waals surface area contributed by atoms with Crippen LogP contribution < -0.4 is 5.56 Å². The summed E-state index contributed by atoms with van der Waals surface area (Å²) < 4.78 is 1.72. The topological polar surface area (TPSA) is 86.8 Å². The fourth-order valence-electron chi connectivity index (χ4n) is 3.85. The van der Waals surface area contributed by atoms with Crippen LogP contribution in [0.1, 0.15) is 35.3 Å². The van der Waals surface area contributed by atoms with Crippen LogP contribution in [-0.4, -0.2) is 44.1 Å². The van der Waals surface area contributed by atoms with Gasteiger partial charge in [0.1, 0.15) is 0 Å². The Bertz CT molecular complexity index is 1390. The van der Waals surface area contributed by atoms with Crippen molar-refractivity contribution in [3.8, 4) is 11.3 Å². The molecule has 2 N–H and O–H groups in total. The molecule has 0 spiro atoms. The van der Waals surface area contributed by atoms with E-state index >= 15 is 0 Å². The molecule has 33 heavy (non-hydrogen) atoms. The second-order valence-electron chi connectivity index (χ2n) is 8.24. The van der Waals surface area contributed by atoms with Gasteiger partial charge in [0, 0.05) is 37.5 Å². The number of carbonyl (C=O) groups excluding carboxylic acids is 1. The molecule has 4 rings (SSSR count). The normalized spacial score (nSPS) is 11.1. The minimum absolute atomic E-state index is 0.0713. The fourth-order valence-corrected chi connectivity index (χ4v) is 4.04. The Morgan fingerprint density at radius 3 is 2.67 bits per heavy atom. The van der Waals surface area contributed by atoms with Gasteiger partial charge in [-0.3, -0.25) is 19.3 Å². The molecule has 0 saturated carbocycles. The van der Waals surface area contributed by atoms with E-state index in [0.717, 1.165) is 42.6 Å². The van der Waals surface area contributed by atoms with E-state index in [1.807, 2.05) is 18.2 Å². The van der Waals surface area contributed by atoms with Crippen molar-refractivity contribution < 1.29 is 4.79 Å². The number of hydrogen-bond donors (Lipinski definition) is 2. The van der Waals surface area contributed by atoms with Crippen molar-refractivity contribution in [3.05, 3.63) is 81.0 Å². The number of aryl methyl sites for hydroxylation is 1. The number of aromatic amines is 2. The number of carbonyl (C=O) groups is 1. The lowest BCUT2D eigenvalue weighted by Gasteiger charge is -2.17. The van der Waals surface area contributed by atoms with Gasteiger partial charge in [0.15, 0.2) is 4.77 Å². The largest absolute Gasteiger partial charge is 0.342 e. The van der Waals surface area contributed by atoms with Crippen LogP contribution in [0.3, 0.4) is 0 Å². The Hall–Kier alpha value is -3.52. The molecule has 0 aliphatic rings. The number of H-pyrrole nitrogens is 2. The molecule has 1 amide bonds. The van der Waals surface area contributed by atoms with Gasteiger partial charge < -0.3 is 9.88 Å². The molecule has 2 aromatic heterocycles. The summed E-state index contributed by atoms with van der Waals surface area (Å²) >= 11 is 5.18. The maximum atomic E-state index is 12.8. The van der Waals surface area contributed by atoms with Crippen LogP contribution in [0.2, 0.25) is 0 Å². The van der Waals surface area contributed by atoms with Gasteiger partial charge in [-0.2, -0.15) is 5.10 Å². The lowest BCUT2D eigenvalue weighted by molar-refractivity contribution is 0.0792. The smallest absolute Gasteiger partial charge is 0.261 e. The number of nitrogens with one attached hydrogen (secondary N) is 2. The first kappa shape index (κ1) is 22.7. The number of fused-ring (bicyclic) bond motifs is 1. The molecule has 4 aromatic rings. The van der Waals surface area contributed by atoms with E-state index in [2.05, 4.69) is 33.4 Å². The molecule has 7 nitrogen and oxygen atoms in total. The summed E-state index contributed by atoms with van der Waals surface area (Å²) in [5.74, 6) is -0.0713. The van der Waals surface area contributed by atoms with Gasteiger partial charge in [-0.1, -0.05) is 36.8 Å². The van der Waals surface area contributed by atoms with Crippen molar-refractivity contribution in [1.82, 2.24) is 24.6 Å². The zero-order chi connectivity index (χ0) is 23.4. The van der Waals surface area contributed by atoms with Crippen molar-refractivity contribution in [2.75, 3.05) is 13.6 Å². The van der Waals surface area contributed by atoms with Crippen LogP contribution in [0.4, 0.5) is 0 Å². The molecule has 0 unspecified atom stereocenters. The predicted molar refractivity (Wildman–Crippen MR) is 133 cm³/mol. The number of nitrogens with zero attached hydrogens (tertiary/aromatic N) is 3. The molecule has 0 aliphatic heterocycles. The predicted octanol–water partition coefficient (Wildman–Crippen LogP) is 4.47. The van der Waals surface area contributed by atoms with Crippen LogP contribution in [-0.2, 0) is 13.5 Å². The lowest BCUT2D eigenvalue weighted by Crippen LogP contribution is -2.28. The molecule has 0 aliphatic carbocycles. The summed E-state index contributed by atoms with van der Waals surface area (Å²) in [4.78, 5) is 29.9. The molecule has 2 heterocycles. The highest BCUT2D eigenvalue weighted by Crippen LogP contribution is 2.18. The monoisotopic (exact) mass is 461 g/mol. The summed E-state index contributed by atoms with van der Waals surface area (Å²) in [5, 5.41) is 8.03. The van der Waals surface area contributed by atoms with E-state index in [0.29, 0.717) is 27.8 Å². The van der Waals surface area contributed by atoms with Crippen LogP contribution in [0.25, 0.3) is 22.2 Å². The second-order valence-corrected chi connectivity index (χ2v) is 8.62. The molecule has 0 atom stereocenters. The van der Waals surface area contributed by atoms with Crippen molar-refractivity contribution in [1.29, 1.82) is 0 Å². The summed E-state index contributed by atoms with van der Waals surface area (Å²) in [5.41, 5.74) is 4.14. The van der Waals surface area contributed by atoms with Crippen molar-refractivity contribution in [3.63, 3.8) is 0 Å². The van der Waals surface area contributed by atoms with Crippen LogP contribution in [0.15, 0.2) is 59.4 Å². The van der Waals surface area contributed by atoms with Crippen molar-refractivity contribution >= 4 is 29.0 Å². The van der Waals surface area contributed by atoms with Crippen molar-refractivity contribution in [2.45, 2.75) is 25.7 Å². The number of aromatic nitrogens is 4. The fraction of sp³-hybridized carbons (Fsp3) is 0.280. The van der Waals surface area contributed by atoms with Gasteiger partial charge in [0.25, 0.3) is 11.5 Å². The molecular formula is C25H27N5O2S. The van der Waals surface area contributed by atoms with Gasteiger partial charge >= 0.3 is 0 Å². The quantitative estimate of drug-likeness (QED) is 0.299. The standard InChI is InChI=1S/C25H27N5O2S/c1-29(23(31)18-12-13-20-22(15-18)26-25(33)30(2)24(20)32)14-8-4-7-11-19-16-21(28-27-19)17-9-5-3-6-10-17/h3,5-6,9-10,12-13,15-16H,4,7-8,11,14H2,1-2H3,(H,26,33)(H,27,28). The summed E-state index contributed by atoms with van der Waals surface area (Å²) in [6, 6.07) is 17.3. The Labute approximate surface area is 197 Å². The highest BCUT2D eigenvalue weighted by atomic mass is 32.1. The van der Waals surface area contributed by atoms with Gasteiger partial charge in [0.2, 0.25) is 0 Å². The van der Waals surface area contributed by atoms with E-state index in [1.165, 1.54) is 4.57 Å². The lowest BCUT2D eigenvalue weighted by atomic mass is 10.1. The Morgan fingerprint density at radius 2 is 1.88 bits per heavy atom. The van der Waals surface area contributed by atoms with E-state index in [4.69, 9.17) is 12.2 Å². The summed E-state index contributed by atoms with van der Waals surface area (Å²) in [6.45, 7) is 0.668. The first-order chi connectivity index (χ1) is 15.9. The van der Waals surface area contributed by atoms with E-state index in [9.17, 15) is 9.59 Å². The van der Waals surface area contributed by atoms with E-state index in [-0.39, 0.29) is 11.5 Å².